The maximum atomic E-state index is 11.9. The molecule has 0 radical (unpaired) electrons. The van der Waals surface area contributed by atoms with Gasteiger partial charge in [-0.05, 0) is 47.8 Å². The van der Waals surface area contributed by atoms with Gasteiger partial charge in [0.2, 0.25) is 5.91 Å². The van der Waals surface area contributed by atoms with E-state index in [1.54, 1.807) is 0 Å². The van der Waals surface area contributed by atoms with Crippen molar-refractivity contribution >= 4 is 27.8 Å². The molecule has 1 aliphatic rings. The first-order valence-corrected chi connectivity index (χ1v) is 7.84. The van der Waals surface area contributed by atoms with Crippen LogP contribution in [0.5, 0.6) is 5.75 Å². The molecule has 22 heavy (non-hydrogen) atoms. The van der Waals surface area contributed by atoms with E-state index in [0.29, 0.717) is 25.1 Å². The standard InChI is InChI=1S/C15H18BrNO5/c1-9(21-11-5-3-2-4-10(11)16)8-17-14(18)12-6-7-13(22-12)15(19)20/h2-5,9,12-13H,6-8H2,1H3,(H,17,18)(H,19,20)/t9?,12-,13+/m0/s1. The Morgan fingerprint density at radius 2 is 2.09 bits per heavy atom. The van der Waals surface area contributed by atoms with Crippen LogP contribution in [0, 0.1) is 0 Å². The molecule has 1 amide bonds. The SMILES string of the molecule is CC(CNC(=O)[C@@H]1CC[C@H](C(=O)O)O1)Oc1ccccc1Br. The van der Waals surface area contributed by atoms with E-state index >= 15 is 0 Å². The number of ether oxygens (including phenoxy) is 2. The summed E-state index contributed by atoms with van der Waals surface area (Å²) in [4.78, 5) is 22.7. The van der Waals surface area contributed by atoms with Gasteiger partial charge in [-0.15, -0.1) is 0 Å². The summed E-state index contributed by atoms with van der Waals surface area (Å²) < 4.78 is 11.8. The number of hydrogen-bond acceptors (Lipinski definition) is 4. The summed E-state index contributed by atoms with van der Waals surface area (Å²) >= 11 is 3.39. The largest absolute Gasteiger partial charge is 0.488 e. The van der Waals surface area contributed by atoms with Crippen LogP contribution in [0.3, 0.4) is 0 Å². The Kier molecular flexibility index (Phi) is 5.79. The van der Waals surface area contributed by atoms with Gasteiger partial charge in [0.05, 0.1) is 11.0 Å². The zero-order valence-corrected chi connectivity index (χ0v) is 13.7. The monoisotopic (exact) mass is 371 g/mol. The minimum Gasteiger partial charge on any atom is -0.488 e. The van der Waals surface area contributed by atoms with E-state index < -0.39 is 18.2 Å². The highest BCUT2D eigenvalue weighted by Crippen LogP contribution is 2.24. The summed E-state index contributed by atoms with van der Waals surface area (Å²) in [6.07, 6.45) is -1.03. The number of nitrogens with one attached hydrogen (secondary N) is 1. The molecule has 0 saturated carbocycles. The van der Waals surface area contributed by atoms with Crippen molar-refractivity contribution in [3.63, 3.8) is 0 Å². The maximum Gasteiger partial charge on any atom is 0.332 e. The number of para-hydroxylation sites is 1. The number of aliphatic carboxylic acids is 1. The summed E-state index contributed by atoms with van der Waals surface area (Å²) in [6, 6.07) is 7.46. The molecule has 2 N–H and O–H groups in total. The zero-order valence-electron chi connectivity index (χ0n) is 12.1. The van der Waals surface area contributed by atoms with E-state index in [4.69, 9.17) is 14.6 Å². The average Bonchev–Trinajstić information content (AvgIpc) is 2.97. The van der Waals surface area contributed by atoms with E-state index in [2.05, 4.69) is 21.2 Å². The highest BCUT2D eigenvalue weighted by atomic mass is 79.9. The second-order valence-corrected chi connectivity index (χ2v) is 5.99. The van der Waals surface area contributed by atoms with Gasteiger partial charge in [-0.1, -0.05) is 12.1 Å². The number of rotatable bonds is 6. The molecular formula is C15H18BrNO5. The third kappa shape index (κ3) is 4.45. The fourth-order valence-corrected chi connectivity index (χ4v) is 2.55. The van der Waals surface area contributed by atoms with Crippen LogP contribution in [-0.2, 0) is 14.3 Å². The minimum absolute atomic E-state index is 0.223. The Hall–Kier alpha value is -1.60. The van der Waals surface area contributed by atoms with Gasteiger partial charge in [0.15, 0.2) is 6.10 Å². The predicted molar refractivity (Wildman–Crippen MR) is 82.8 cm³/mol. The zero-order chi connectivity index (χ0) is 16.1. The van der Waals surface area contributed by atoms with Crippen molar-refractivity contribution in [2.75, 3.05) is 6.54 Å². The fraction of sp³-hybridized carbons (Fsp3) is 0.467. The minimum atomic E-state index is -1.03. The van der Waals surface area contributed by atoms with E-state index in [1.807, 2.05) is 31.2 Å². The van der Waals surface area contributed by atoms with Gasteiger partial charge in [0.25, 0.3) is 0 Å². The quantitative estimate of drug-likeness (QED) is 0.798. The Morgan fingerprint density at radius 3 is 2.73 bits per heavy atom. The second kappa shape index (κ2) is 7.60. The molecule has 1 unspecified atom stereocenters. The molecule has 7 heteroatoms. The number of carbonyl (C=O) groups is 2. The predicted octanol–water partition coefficient (Wildman–Crippen LogP) is 1.96. The number of benzene rings is 1. The van der Waals surface area contributed by atoms with Crippen LogP contribution >= 0.6 is 15.9 Å². The number of halogens is 1. The molecule has 0 bridgehead atoms. The smallest absolute Gasteiger partial charge is 0.332 e. The number of carboxylic acid groups (broad SMARTS) is 1. The lowest BCUT2D eigenvalue weighted by molar-refractivity contribution is -0.151. The molecule has 3 atom stereocenters. The molecule has 1 heterocycles. The van der Waals surface area contributed by atoms with Crippen LogP contribution in [0.4, 0.5) is 0 Å². The van der Waals surface area contributed by atoms with Gasteiger partial charge in [-0.25, -0.2) is 4.79 Å². The van der Waals surface area contributed by atoms with Crippen molar-refractivity contribution in [1.82, 2.24) is 5.32 Å². The lowest BCUT2D eigenvalue weighted by Crippen LogP contribution is -2.40. The van der Waals surface area contributed by atoms with Gasteiger partial charge >= 0.3 is 5.97 Å². The molecule has 120 valence electrons. The summed E-state index contributed by atoms with van der Waals surface area (Å²) in [6.45, 7) is 2.16. The number of carbonyl (C=O) groups excluding carboxylic acids is 1. The molecule has 0 aromatic heterocycles. The molecule has 6 nitrogen and oxygen atoms in total. The number of hydrogen-bond donors (Lipinski definition) is 2. The Morgan fingerprint density at radius 1 is 1.41 bits per heavy atom. The highest BCUT2D eigenvalue weighted by Gasteiger charge is 2.34. The van der Waals surface area contributed by atoms with Crippen molar-refractivity contribution < 1.29 is 24.2 Å². The first kappa shape index (κ1) is 16.8. The Bertz CT molecular complexity index is 550. The molecule has 1 aliphatic heterocycles. The lowest BCUT2D eigenvalue weighted by Gasteiger charge is -2.18. The number of carboxylic acids is 1. The van der Waals surface area contributed by atoms with E-state index in [9.17, 15) is 9.59 Å². The normalized spacial score (nSPS) is 22.1. The van der Waals surface area contributed by atoms with Crippen molar-refractivity contribution in [3.05, 3.63) is 28.7 Å². The van der Waals surface area contributed by atoms with Crippen molar-refractivity contribution in [3.8, 4) is 5.75 Å². The Labute approximate surface area is 136 Å². The third-order valence-corrected chi connectivity index (χ3v) is 3.97. The topological polar surface area (TPSA) is 84.9 Å². The van der Waals surface area contributed by atoms with E-state index in [1.165, 1.54) is 0 Å². The van der Waals surface area contributed by atoms with Crippen LogP contribution in [0.2, 0.25) is 0 Å². The third-order valence-electron chi connectivity index (χ3n) is 3.32. The highest BCUT2D eigenvalue weighted by molar-refractivity contribution is 9.10. The van der Waals surface area contributed by atoms with Crippen molar-refractivity contribution in [2.45, 2.75) is 38.1 Å². The molecular weight excluding hydrogens is 354 g/mol. The number of amides is 1. The lowest BCUT2D eigenvalue weighted by atomic mass is 10.2. The van der Waals surface area contributed by atoms with Gasteiger partial charge in [0.1, 0.15) is 18.0 Å². The van der Waals surface area contributed by atoms with E-state index in [0.717, 1.165) is 4.47 Å². The molecule has 1 aromatic carbocycles. The van der Waals surface area contributed by atoms with Crippen LogP contribution < -0.4 is 10.1 Å². The van der Waals surface area contributed by atoms with Crippen LogP contribution in [0.25, 0.3) is 0 Å². The summed E-state index contributed by atoms with van der Waals surface area (Å²) in [5, 5.41) is 11.6. The van der Waals surface area contributed by atoms with Crippen molar-refractivity contribution in [2.24, 2.45) is 0 Å². The summed E-state index contributed by atoms with van der Waals surface area (Å²) in [5.41, 5.74) is 0. The molecule has 1 saturated heterocycles. The molecule has 1 fully saturated rings. The molecule has 0 spiro atoms. The summed E-state index contributed by atoms with van der Waals surface area (Å²) in [7, 11) is 0. The van der Waals surface area contributed by atoms with Crippen LogP contribution in [0.15, 0.2) is 28.7 Å². The second-order valence-electron chi connectivity index (χ2n) is 5.13. The van der Waals surface area contributed by atoms with Crippen molar-refractivity contribution in [1.29, 1.82) is 0 Å². The first-order valence-electron chi connectivity index (χ1n) is 7.04. The van der Waals surface area contributed by atoms with Crippen LogP contribution in [0.1, 0.15) is 19.8 Å². The van der Waals surface area contributed by atoms with Gasteiger partial charge in [-0.2, -0.15) is 0 Å². The Balaban J connectivity index is 1.77. The van der Waals surface area contributed by atoms with E-state index in [-0.39, 0.29) is 12.0 Å². The maximum absolute atomic E-state index is 11.9. The first-order chi connectivity index (χ1) is 10.5. The average molecular weight is 372 g/mol. The molecule has 1 aromatic rings. The van der Waals surface area contributed by atoms with Gasteiger partial charge in [-0.3, -0.25) is 4.79 Å². The van der Waals surface area contributed by atoms with Crippen LogP contribution in [-0.4, -0.2) is 41.8 Å². The molecule has 2 rings (SSSR count). The molecule has 0 aliphatic carbocycles. The van der Waals surface area contributed by atoms with Gasteiger partial charge in [0, 0.05) is 0 Å². The summed E-state index contributed by atoms with van der Waals surface area (Å²) in [5.74, 6) is -0.625. The van der Waals surface area contributed by atoms with Gasteiger partial charge < -0.3 is 19.9 Å². The fourth-order valence-electron chi connectivity index (χ4n) is 2.17.